The van der Waals surface area contributed by atoms with Crippen molar-refractivity contribution in [3.63, 3.8) is 0 Å². The summed E-state index contributed by atoms with van der Waals surface area (Å²) in [5.41, 5.74) is 0.329. The third kappa shape index (κ3) is 2.80. The summed E-state index contributed by atoms with van der Waals surface area (Å²) in [6.45, 7) is 0.657. The molecule has 1 aliphatic carbocycles. The molecular weight excluding hydrogens is 270 g/mol. The third-order valence-electron chi connectivity index (χ3n) is 3.50. The van der Waals surface area contributed by atoms with Gasteiger partial charge in [0.05, 0.1) is 24.1 Å². The summed E-state index contributed by atoms with van der Waals surface area (Å²) in [5, 5.41) is 3.39. The molecular formula is C15H17N3O3. The number of nitrogens with one attached hydrogen (secondary N) is 1. The second kappa shape index (κ2) is 5.65. The summed E-state index contributed by atoms with van der Waals surface area (Å²) in [5.74, 6) is -0.140. The molecule has 1 aromatic heterocycles. The molecule has 1 aliphatic rings. The number of carbonyl (C=O) groups is 1. The zero-order chi connectivity index (χ0) is 14.8. The summed E-state index contributed by atoms with van der Waals surface area (Å²) in [4.78, 5) is 29.2. The van der Waals surface area contributed by atoms with Gasteiger partial charge in [0.2, 0.25) is 5.82 Å². The molecule has 1 aromatic carbocycles. The van der Waals surface area contributed by atoms with Crippen LogP contribution >= 0.6 is 0 Å². The highest BCUT2D eigenvalue weighted by atomic mass is 16.5. The van der Waals surface area contributed by atoms with Crippen molar-refractivity contribution < 1.29 is 9.53 Å². The van der Waals surface area contributed by atoms with Gasteiger partial charge in [-0.1, -0.05) is 12.1 Å². The van der Waals surface area contributed by atoms with E-state index in [2.05, 4.69) is 10.3 Å². The maximum Gasteiger partial charge on any atom is 0.287 e. The largest absolute Gasteiger partial charge is 0.383 e. The first kappa shape index (κ1) is 13.8. The minimum atomic E-state index is -0.295. The Kier molecular flexibility index (Phi) is 3.70. The average Bonchev–Trinajstić information content (AvgIpc) is 3.30. The van der Waals surface area contributed by atoms with Crippen LogP contribution in [0.1, 0.15) is 23.5 Å². The van der Waals surface area contributed by atoms with Crippen LogP contribution in [0.4, 0.5) is 0 Å². The second-order valence-electron chi connectivity index (χ2n) is 5.15. The molecule has 0 saturated heterocycles. The topological polar surface area (TPSA) is 73.2 Å². The number of methoxy groups -OCH3 is 1. The van der Waals surface area contributed by atoms with E-state index in [0.29, 0.717) is 24.1 Å². The molecule has 0 spiro atoms. The smallest absolute Gasteiger partial charge is 0.287 e. The zero-order valence-electron chi connectivity index (χ0n) is 11.8. The fraction of sp³-hybridized carbons (Fsp3) is 0.400. The number of rotatable bonds is 5. The fourth-order valence-electron chi connectivity index (χ4n) is 2.21. The minimum Gasteiger partial charge on any atom is -0.383 e. The predicted octanol–water partition coefficient (Wildman–Crippen LogP) is 0.935. The second-order valence-corrected chi connectivity index (χ2v) is 5.15. The van der Waals surface area contributed by atoms with E-state index in [9.17, 15) is 9.59 Å². The van der Waals surface area contributed by atoms with Gasteiger partial charge in [0.15, 0.2) is 0 Å². The van der Waals surface area contributed by atoms with Gasteiger partial charge in [-0.25, -0.2) is 4.98 Å². The molecule has 2 aromatic rings. The lowest BCUT2D eigenvalue weighted by Crippen LogP contribution is -2.35. The SMILES string of the molecule is COCCn1c(C(=O)NC2CC2)nc2ccccc2c1=O. The van der Waals surface area contributed by atoms with E-state index in [1.165, 1.54) is 4.57 Å². The first-order chi connectivity index (χ1) is 10.2. The lowest BCUT2D eigenvalue weighted by Gasteiger charge is -2.12. The van der Waals surface area contributed by atoms with Crippen LogP contribution in [-0.2, 0) is 11.3 Å². The van der Waals surface area contributed by atoms with E-state index in [1.807, 2.05) is 0 Å². The Morgan fingerprint density at radius 3 is 2.90 bits per heavy atom. The lowest BCUT2D eigenvalue weighted by molar-refractivity contribution is 0.0931. The van der Waals surface area contributed by atoms with Gasteiger partial charge in [0, 0.05) is 13.2 Å². The van der Waals surface area contributed by atoms with Crippen LogP contribution < -0.4 is 10.9 Å². The Balaban J connectivity index is 2.09. The standard InChI is InChI=1S/C15H17N3O3/c1-21-9-8-18-13(14(19)16-10-6-7-10)17-12-5-3-2-4-11(12)15(18)20/h2-5,10H,6-9H2,1H3,(H,16,19). The van der Waals surface area contributed by atoms with Crippen molar-refractivity contribution in [3.8, 4) is 0 Å². The summed E-state index contributed by atoms with van der Waals surface area (Å²) in [6.07, 6.45) is 1.98. The number of benzene rings is 1. The number of fused-ring (bicyclic) bond motifs is 1. The van der Waals surface area contributed by atoms with E-state index < -0.39 is 0 Å². The molecule has 110 valence electrons. The molecule has 1 heterocycles. The van der Waals surface area contributed by atoms with Gasteiger partial charge < -0.3 is 10.1 Å². The molecule has 0 radical (unpaired) electrons. The zero-order valence-corrected chi connectivity index (χ0v) is 11.8. The quantitative estimate of drug-likeness (QED) is 0.888. The van der Waals surface area contributed by atoms with E-state index in [-0.39, 0.29) is 23.3 Å². The fourth-order valence-corrected chi connectivity index (χ4v) is 2.21. The molecule has 1 N–H and O–H groups in total. The number of ether oxygens (including phenoxy) is 1. The van der Waals surface area contributed by atoms with Crippen molar-refractivity contribution in [1.29, 1.82) is 0 Å². The summed E-state index contributed by atoms with van der Waals surface area (Å²) in [7, 11) is 1.56. The van der Waals surface area contributed by atoms with E-state index in [1.54, 1.807) is 31.4 Å². The molecule has 6 nitrogen and oxygen atoms in total. The number of hydrogen-bond acceptors (Lipinski definition) is 4. The molecule has 0 bridgehead atoms. The Labute approximate surface area is 121 Å². The van der Waals surface area contributed by atoms with E-state index in [4.69, 9.17) is 4.74 Å². The molecule has 6 heteroatoms. The third-order valence-corrected chi connectivity index (χ3v) is 3.50. The average molecular weight is 287 g/mol. The molecule has 0 unspecified atom stereocenters. The van der Waals surface area contributed by atoms with Crippen LogP contribution in [0.3, 0.4) is 0 Å². The molecule has 3 rings (SSSR count). The minimum absolute atomic E-state index is 0.155. The van der Waals surface area contributed by atoms with E-state index >= 15 is 0 Å². The highest BCUT2D eigenvalue weighted by Gasteiger charge is 2.26. The van der Waals surface area contributed by atoms with Crippen LogP contribution in [-0.4, -0.2) is 35.2 Å². The van der Waals surface area contributed by atoms with Crippen LogP contribution in [0.15, 0.2) is 29.1 Å². The highest BCUT2D eigenvalue weighted by Crippen LogP contribution is 2.19. The predicted molar refractivity (Wildman–Crippen MR) is 78.4 cm³/mol. The van der Waals surface area contributed by atoms with Gasteiger partial charge in [-0.3, -0.25) is 14.2 Å². The van der Waals surface area contributed by atoms with Crippen LogP contribution in [0, 0.1) is 0 Å². The number of carbonyl (C=O) groups excluding carboxylic acids is 1. The van der Waals surface area contributed by atoms with Gasteiger partial charge >= 0.3 is 0 Å². The maximum atomic E-state index is 12.5. The van der Waals surface area contributed by atoms with Crippen LogP contribution in [0.25, 0.3) is 10.9 Å². The number of nitrogens with zero attached hydrogens (tertiary/aromatic N) is 2. The normalized spacial score (nSPS) is 14.3. The molecule has 1 fully saturated rings. The molecule has 21 heavy (non-hydrogen) atoms. The first-order valence-corrected chi connectivity index (χ1v) is 7.00. The Morgan fingerprint density at radius 1 is 1.43 bits per heavy atom. The van der Waals surface area contributed by atoms with Crippen LogP contribution in [0.5, 0.6) is 0 Å². The van der Waals surface area contributed by atoms with Gasteiger partial charge in [0.1, 0.15) is 0 Å². The molecule has 0 aliphatic heterocycles. The molecule has 0 atom stereocenters. The van der Waals surface area contributed by atoms with Crippen molar-refractivity contribution in [1.82, 2.24) is 14.9 Å². The number of hydrogen-bond donors (Lipinski definition) is 1. The van der Waals surface area contributed by atoms with Crippen molar-refractivity contribution in [2.75, 3.05) is 13.7 Å². The Bertz CT molecular complexity index is 735. The van der Waals surface area contributed by atoms with Crippen molar-refractivity contribution in [2.24, 2.45) is 0 Å². The van der Waals surface area contributed by atoms with Gasteiger partial charge in [-0.2, -0.15) is 0 Å². The van der Waals surface area contributed by atoms with Crippen molar-refractivity contribution in [2.45, 2.75) is 25.4 Å². The summed E-state index contributed by atoms with van der Waals surface area (Å²) < 4.78 is 6.41. The number of amides is 1. The Hall–Kier alpha value is -2.21. The van der Waals surface area contributed by atoms with Crippen molar-refractivity contribution >= 4 is 16.8 Å². The maximum absolute atomic E-state index is 12.5. The monoisotopic (exact) mass is 287 g/mol. The number of aromatic nitrogens is 2. The van der Waals surface area contributed by atoms with E-state index in [0.717, 1.165) is 12.8 Å². The number of para-hydroxylation sites is 1. The Morgan fingerprint density at radius 2 is 2.19 bits per heavy atom. The lowest BCUT2D eigenvalue weighted by atomic mass is 10.2. The highest BCUT2D eigenvalue weighted by molar-refractivity contribution is 5.93. The molecule has 1 amide bonds. The van der Waals surface area contributed by atoms with Gasteiger partial charge in [-0.15, -0.1) is 0 Å². The van der Waals surface area contributed by atoms with Gasteiger partial charge in [0.25, 0.3) is 11.5 Å². The van der Waals surface area contributed by atoms with Crippen LogP contribution in [0.2, 0.25) is 0 Å². The summed E-state index contributed by atoms with van der Waals surface area (Å²) in [6, 6.07) is 7.27. The van der Waals surface area contributed by atoms with Gasteiger partial charge in [-0.05, 0) is 25.0 Å². The van der Waals surface area contributed by atoms with Crippen molar-refractivity contribution in [3.05, 3.63) is 40.4 Å². The first-order valence-electron chi connectivity index (χ1n) is 7.00. The molecule has 1 saturated carbocycles. The summed E-state index contributed by atoms with van der Waals surface area (Å²) >= 11 is 0.